The highest BCUT2D eigenvalue weighted by molar-refractivity contribution is 6.07. The summed E-state index contributed by atoms with van der Waals surface area (Å²) in [6.45, 7) is 8.23. The molecule has 3 aromatic rings. The van der Waals surface area contributed by atoms with E-state index in [9.17, 15) is 4.79 Å². The van der Waals surface area contributed by atoms with Crippen LogP contribution < -0.4 is 10.6 Å². The van der Waals surface area contributed by atoms with Crippen molar-refractivity contribution in [1.82, 2.24) is 10.3 Å². The molecule has 0 radical (unpaired) electrons. The standard InChI is InChI=1S/C24H29N3O2/c1-4-29-15-7-14-25-24(28)21-16-23(27-22-9-6-5-8-20(21)22)26-19-12-10-18(11-13-19)17(2)3/h5-6,8-13,16-17H,4,7,14-15H2,1-3H3,(H,25,28)(H,26,27). The van der Waals surface area contributed by atoms with Gasteiger partial charge in [0.25, 0.3) is 5.91 Å². The maximum Gasteiger partial charge on any atom is 0.252 e. The van der Waals surface area contributed by atoms with Crippen LogP contribution in [0.2, 0.25) is 0 Å². The molecule has 29 heavy (non-hydrogen) atoms. The number of pyridine rings is 1. The Morgan fingerprint density at radius 3 is 2.59 bits per heavy atom. The van der Waals surface area contributed by atoms with Crippen molar-refractivity contribution in [1.29, 1.82) is 0 Å². The van der Waals surface area contributed by atoms with Crippen LogP contribution in [-0.4, -0.2) is 30.6 Å². The number of nitrogens with zero attached hydrogens (tertiary/aromatic N) is 1. The summed E-state index contributed by atoms with van der Waals surface area (Å²) >= 11 is 0. The van der Waals surface area contributed by atoms with E-state index >= 15 is 0 Å². The van der Waals surface area contributed by atoms with Gasteiger partial charge in [0.2, 0.25) is 0 Å². The summed E-state index contributed by atoms with van der Waals surface area (Å²) in [4.78, 5) is 17.5. The van der Waals surface area contributed by atoms with Crippen LogP contribution in [0.3, 0.4) is 0 Å². The topological polar surface area (TPSA) is 63.2 Å². The minimum absolute atomic E-state index is 0.0988. The van der Waals surface area contributed by atoms with E-state index < -0.39 is 0 Å². The van der Waals surface area contributed by atoms with Crippen LogP contribution in [0.25, 0.3) is 10.9 Å². The van der Waals surface area contributed by atoms with Crippen molar-refractivity contribution in [2.75, 3.05) is 25.1 Å². The lowest BCUT2D eigenvalue weighted by molar-refractivity contribution is 0.0946. The van der Waals surface area contributed by atoms with E-state index in [4.69, 9.17) is 4.74 Å². The fraction of sp³-hybridized carbons (Fsp3) is 0.333. The molecule has 2 aromatic carbocycles. The molecule has 0 unspecified atom stereocenters. The first-order valence-corrected chi connectivity index (χ1v) is 10.2. The third-order valence-corrected chi connectivity index (χ3v) is 4.77. The second-order valence-corrected chi connectivity index (χ2v) is 7.28. The minimum Gasteiger partial charge on any atom is -0.382 e. The molecule has 0 fully saturated rings. The summed E-state index contributed by atoms with van der Waals surface area (Å²) in [5, 5.41) is 7.16. The molecule has 1 amide bonds. The molecule has 0 aliphatic heterocycles. The fourth-order valence-electron chi connectivity index (χ4n) is 3.14. The minimum atomic E-state index is -0.0988. The normalized spacial score (nSPS) is 11.0. The first-order valence-electron chi connectivity index (χ1n) is 10.2. The zero-order valence-electron chi connectivity index (χ0n) is 17.4. The average Bonchev–Trinajstić information content (AvgIpc) is 2.73. The van der Waals surface area contributed by atoms with Gasteiger partial charge in [0.05, 0.1) is 11.1 Å². The number of rotatable bonds is 9. The van der Waals surface area contributed by atoms with Crippen molar-refractivity contribution >= 4 is 28.3 Å². The van der Waals surface area contributed by atoms with Gasteiger partial charge < -0.3 is 15.4 Å². The first-order chi connectivity index (χ1) is 14.1. The molecule has 0 spiro atoms. The van der Waals surface area contributed by atoms with Gasteiger partial charge in [-0.25, -0.2) is 4.98 Å². The predicted octanol–water partition coefficient (Wildman–Crippen LogP) is 5.26. The van der Waals surface area contributed by atoms with Crippen molar-refractivity contribution in [2.24, 2.45) is 0 Å². The molecule has 2 N–H and O–H groups in total. The Balaban J connectivity index is 1.81. The van der Waals surface area contributed by atoms with E-state index in [1.54, 1.807) is 0 Å². The monoisotopic (exact) mass is 391 g/mol. The van der Waals surface area contributed by atoms with Crippen LogP contribution in [0.4, 0.5) is 11.5 Å². The lowest BCUT2D eigenvalue weighted by atomic mass is 10.0. The maximum atomic E-state index is 12.8. The number of aromatic nitrogens is 1. The lowest BCUT2D eigenvalue weighted by Crippen LogP contribution is -2.25. The molecule has 0 atom stereocenters. The molecule has 152 valence electrons. The van der Waals surface area contributed by atoms with Gasteiger partial charge >= 0.3 is 0 Å². The van der Waals surface area contributed by atoms with E-state index in [0.29, 0.717) is 37.1 Å². The molecule has 5 heteroatoms. The van der Waals surface area contributed by atoms with Gasteiger partial charge in [0, 0.05) is 30.8 Å². The number of ether oxygens (including phenoxy) is 1. The summed E-state index contributed by atoms with van der Waals surface area (Å²) in [6.07, 6.45) is 0.788. The third kappa shape index (κ3) is 5.55. The summed E-state index contributed by atoms with van der Waals surface area (Å²) < 4.78 is 5.33. The molecule has 0 saturated carbocycles. The highest BCUT2D eigenvalue weighted by Crippen LogP contribution is 2.24. The van der Waals surface area contributed by atoms with Crippen molar-refractivity contribution in [2.45, 2.75) is 33.1 Å². The molecule has 5 nitrogen and oxygen atoms in total. The van der Waals surface area contributed by atoms with Crippen LogP contribution >= 0.6 is 0 Å². The second kappa shape index (κ2) is 10.0. The van der Waals surface area contributed by atoms with E-state index in [0.717, 1.165) is 23.0 Å². The second-order valence-electron chi connectivity index (χ2n) is 7.28. The van der Waals surface area contributed by atoms with Gasteiger partial charge in [0.15, 0.2) is 0 Å². The predicted molar refractivity (Wildman–Crippen MR) is 119 cm³/mol. The highest BCUT2D eigenvalue weighted by atomic mass is 16.5. The third-order valence-electron chi connectivity index (χ3n) is 4.77. The van der Waals surface area contributed by atoms with Crippen molar-refractivity contribution in [3.8, 4) is 0 Å². The Morgan fingerprint density at radius 2 is 1.86 bits per heavy atom. The number of anilines is 2. The number of fused-ring (bicyclic) bond motifs is 1. The van der Waals surface area contributed by atoms with E-state index in [1.807, 2.05) is 49.4 Å². The van der Waals surface area contributed by atoms with Crippen LogP contribution in [0.1, 0.15) is 49.0 Å². The Bertz CT molecular complexity index is 952. The van der Waals surface area contributed by atoms with Crippen LogP contribution in [0.15, 0.2) is 54.6 Å². The largest absolute Gasteiger partial charge is 0.382 e. The SMILES string of the molecule is CCOCCCNC(=O)c1cc(Nc2ccc(C(C)C)cc2)nc2ccccc12. The maximum absolute atomic E-state index is 12.8. The van der Waals surface area contributed by atoms with Crippen molar-refractivity contribution in [3.63, 3.8) is 0 Å². The summed E-state index contributed by atoms with van der Waals surface area (Å²) in [5.74, 6) is 1.04. The number of hydrogen-bond donors (Lipinski definition) is 2. The Hall–Kier alpha value is -2.92. The zero-order chi connectivity index (χ0) is 20.6. The van der Waals surface area contributed by atoms with E-state index in [-0.39, 0.29) is 5.91 Å². The van der Waals surface area contributed by atoms with Gasteiger partial charge in [-0.3, -0.25) is 4.79 Å². The number of hydrogen-bond acceptors (Lipinski definition) is 4. The smallest absolute Gasteiger partial charge is 0.252 e. The quantitative estimate of drug-likeness (QED) is 0.489. The number of para-hydroxylation sites is 1. The number of carbonyl (C=O) groups is 1. The molecular weight excluding hydrogens is 362 g/mol. The van der Waals surface area contributed by atoms with Crippen LogP contribution in [0, 0.1) is 0 Å². The van der Waals surface area contributed by atoms with E-state index in [2.05, 4.69) is 41.6 Å². The summed E-state index contributed by atoms with van der Waals surface area (Å²) in [7, 11) is 0. The average molecular weight is 392 g/mol. The molecule has 1 aromatic heterocycles. The Kier molecular flexibility index (Phi) is 7.19. The van der Waals surface area contributed by atoms with Gasteiger partial charge in [-0.1, -0.05) is 44.2 Å². The lowest BCUT2D eigenvalue weighted by Gasteiger charge is -2.12. The van der Waals surface area contributed by atoms with Crippen molar-refractivity contribution in [3.05, 3.63) is 65.7 Å². The molecule has 0 aliphatic carbocycles. The highest BCUT2D eigenvalue weighted by Gasteiger charge is 2.13. The molecular formula is C24H29N3O2. The van der Waals surface area contributed by atoms with Crippen molar-refractivity contribution < 1.29 is 9.53 Å². The molecule has 0 aliphatic rings. The van der Waals surface area contributed by atoms with E-state index in [1.165, 1.54) is 5.56 Å². The fourth-order valence-corrected chi connectivity index (χ4v) is 3.14. The Labute approximate surface area is 172 Å². The number of carbonyl (C=O) groups excluding carboxylic acids is 1. The van der Waals surface area contributed by atoms with Gasteiger partial charge in [-0.2, -0.15) is 0 Å². The Morgan fingerprint density at radius 1 is 1.10 bits per heavy atom. The number of amides is 1. The van der Waals surface area contributed by atoms with Crippen LogP contribution in [-0.2, 0) is 4.74 Å². The van der Waals surface area contributed by atoms with Gasteiger partial charge in [-0.15, -0.1) is 0 Å². The number of nitrogens with one attached hydrogen (secondary N) is 2. The molecule has 1 heterocycles. The molecule has 0 saturated heterocycles. The van der Waals surface area contributed by atoms with Gasteiger partial charge in [0.1, 0.15) is 5.82 Å². The zero-order valence-corrected chi connectivity index (χ0v) is 17.4. The number of benzene rings is 2. The molecule has 3 rings (SSSR count). The first kappa shape index (κ1) is 20.8. The summed E-state index contributed by atoms with van der Waals surface area (Å²) in [6, 6.07) is 17.8. The summed E-state index contributed by atoms with van der Waals surface area (Å²) in [5.41, 5.74) is 3.64. The van der Waals surface area contributed by atoms with Crippen LogP contribution in [0.5, 0.6) is 0 Å². The van der Waals surface area contributed by atoms with Gasteiger partial charge in [-0.05, 0) is 49.1 Å². The molecule has 0 bridgehead atoms.